The van der Waals surface area contributed by atoms with Crippen LogP contribution in [0.25, 0.3) is 0 Å². The largest absolute Gasteiger partial charge is 0.357 e. The Labute approximate surface area is 159 Å². The van der Waals surface area contributed by atoms with Crippen molar-refractivity contribution in [2.75, 3.05) is 13.1 Å². The number of guanidine groups is 1. The number of hydrogen-bond acceptors (Lipinski definition) is 3. The van der Waals surface area contributed by atoms with Crippen LogP contribution in [0.2, 0.25) is 0 Å². The third-order valence-corrected chi connectivity index (χ3v) is 4.98. The van der Waals surface area contributed by atoms with E-state index in [4.69, 9.17) is 4.99 Å². The molecule has 1 aliphatic rings. The third-order valence-electron chi connectivity index (χ3n) is 4.98. The molecule has 1 aliphatic heterocycles. The van der Waals surface area contributed by atoms with Gasteiger partial charge in [-0.05, 0) is 26.2 Å². The van der Waals surface area contributed by atoms with Gasteiger partial charge >= 0.3 is 0 Å². The summed E-state index contributed by atoms with van der Waals surface area (Å²) in [4.78, 5) is 4.72. The normalized spacial score (nSPS) is 14.8. The van der Waals surface area contributed by atoms with Gasteiger partial charge < -0.3 is 15.2 Å². The summed E-state index contributed by atoms with van der Waals surface area (Å²) in [5, 5.41) is 15.5. The van der Waals surface area contributed by atoms with Crippen molar-refractivity contribution in [1.29, 1.82) is 0 Å². The predicted octanol–water partition coefficient (Wildman–Crippen LogP) is 3.81. The van der Waals surface area contributed by atoms with E-state index >= 15 is 0 Å². The molecule has 6 heteroatoms. The minimum absolute atomic E-state index is 0.597. The quantitative estimate of drug-likeness (QED) is 0.357. The highest BCUT2D eigenvalue weighted by Gasteiger charge is 2.14. The number of nitrogens with zero attached hydrogens (tertiary/aromatic N) is 4. The molecule has 0 aromatic carbocycles. The fraction of sp³-hybridized carbons (Fsp3) is 0.850. The van der Waals surface area contributed by atoms with E-state index < -0.39 is 0 Å². The molecule has 6 nitrogen and oxygen atoms in total. The van der Waals surface area contributed by atoms with Gasteiger partial charge in [-0.1, -0.05) is 51.9 Å². The number of aromatic nitrogens is 3. The first kappa shape index (κ1) is 20.7. The van der Waals surface area contributed by atoms with Crippen LogP contribution in [0.4, 0.5) is 0 Å². The van der Waals surface area contributed by atoms with Crippen molar-refractivity contribution in [2.24, 2.45) is 4.99 Å². The van der Waals surface area contributed by atoms with Crippen molar-refractivity contribution in [3.05, 3.63) is 11.6 Å². The van der Waals surface area contributed by atoms with Gasteiger partial charge in [0.15, 0.2) is 11.8 Å². The molecule has 0 bridgehead atoms. The van der Waals surface area contributed by atoms with Crippen LogP contribution in [0, 0.1) is 0 Å². The van der Waals surface area contributed by atoms with E-state index in [9.17, 15) is 0 Å². The molecule has 2 heterocycles. The maximum Gasteiger partial charge on any atom is 0.191 e. The van der Waals surface area contributed by atoms with E-state index in [1.54, 1.807) is 0 Å². The molecule has 1 aromatic rings. The summed E-state index contributed by atoms with van der Waals surface area (Å²) in [6.45, 7) is 7.86. The molecule has 0 amide bonds. The fourth-order valence-electron chi connectivity index (χ4n) is 3.44. The molecule has 2 rings (SSSR count). The Morgan fingerprint density at radius 1 is 0.962 bits per heavy atom. The number of unbranched alkanes of at least 4 members (excludes halogenated alkanes) is 6. The van der Waals surface area contributed by atoms with Crippen molar-refractivity contribution in [2.45, 2.75) is 97.6 Å². The monoisotopic (exact) mass is 362 g/mol. The maximum absolute atomic E-state index is 4.72. The Balaban J connectivity index is 1.73. The lowest BCUT2D eigenvalue weighted by molar-refractivity contribution is 0.583. The fourth-order valence-corrected chi connectivity index (χ4v) is 3.44. The van der Waals surface area contributed by atoms with Crippen LogP contribution < -0.4 is 10.6 Å². The van der Waals surface area contributed by atoms with Crippen LogP contribution in [0.5, 0.6) is 0 Å². The number of fused-ring (bicyclic) bond motifs is 1. The van der Waals surface area contributed by atoms with Gasteiger partial charge in [0.2, 0.25) is 0 Å². The Kier molecular flexibility index (Phi) is 10.1. The summed E-state index contributed by atoms with van der Waals surface area (Å²) >= 11 is 0. The van der Waals surface area contributed by atoms with Gasteiger partial charge in [0.25, 0.3) is 0 Å². The van der Waals surface area contributed by atoms with Crippen molar-refractivity contribution in [1.82, 2.24) is 25.4 Å². The first-order valence-corrected chi connectivity index (χ1v) is 10.8. The minimum atomic E-state index is 0.597. The molecule has 2 N–H and O–H groups in total. The predicted molar refractivity (Wildman–Crippen MR) is 108 cm³/mol. The lowest BCUT2D eigenvalue weighted by Gasteiger charge is -2.11. The lowest BCUT2D eigenvalue weighted by Crippen LogP contribution is -2.37. The number of nitrogens with one attached hydrogen (secondary N) is 2. The van der Waals surface area contributed by atoms with Crippen LogP contribution in [-0.2, 0) is 19.5 Å². The van der Waals surface area contributed by atoms with Gasteiger partial charge in [0, 0.05) is 26.1 Å². The Morgan fingerprint density at radius 3 is 2.58 bits per heavy atom. The molecule has 0 spiro atoms. The summed E-state index contributed by atoms with van der Waals surface area (Å²) in [5.74, 6) is 3.02. The van der Waals surface area contributed by atoms with E-state index in [1.807, 2.05) is 0 Å². The van der Waals surface area contributed by atoms with Gasteiger partial charge in [-0.2, -0.15) is 0 Å². The summed E-state index contributed by atoms with van der Waals surface area (Å²) in [6, 6.07) is 0. The number of hydrogen-bond donors (Lipinski definition) is 2. The second-order valence-corrected chi connectivity index (χ2v) is 7.24. The molecule has 1 aromatic heterocycles. The average Bonchev–Trinajstić information content (AvgIpc) is 2.88. The van der Waals surface area contributed by atoms with Crippen LogP contribution in [-0.4, -0.2) is 33.8 Å². The SMILES string of the molecule is CCCCCCCCCNC(=NCc1nnc2n1CCCCC2)NCC. The van der Waals surface area contributed by atoms with Gasteiger partial charge in [-0.15, -0.1) is 10.2 Å². The van der Waals surface area contributed by atoms with E-state index in [0.29, 0.717) is 6.54 Å². The van der Waals surface area contributed by atoms with E-state index in [-0.39, 0.29) is 0 Å². The first-order chi connectivity index (χ1) is 12.8. The second kappa shape index (κ2) is 12.7. The highest BCUT2D eigenvalue weighted by atomic mass is 15.3. The number of rotatable bonds is 11. The van der Waals surface area contributed by atoms with Crippen molar-refractivity contribution in [3.63, 3.8) is 0 Å². The first-order valence-electron chi connectivity index (χ1n) is 10.8. The van der Waals surface area contributed by atoms with Gasteiger partial charge in [-0.3, -0.25) is 0 Å². The molecule has 0 fully saturated rings. The van der Waals surface area contributed by atoms with Crippen LogP contribution in [0.3, 0.4) is 0 Å². The summed E-state index contributed by atoms with van der Waals surface area (Å²) in [5.41, 5.74) is 0. The standard InChI is InChI=1S/C20H38N6/c1-3-5-6-7-8-9-12-15-22-20(21-4-2)23-17-19-25-24-18-14-11-10-13-16-26(18)19/h3-17H2,1-2H3,(H2,21,22,23). The Morgan fingerprint density at radius 2 is 1.77 bits per heavy atom. The zero-order valence-electron chi connectivity index (χ0n) is 16.9. The second-order valence-electron chi connectivity index (χ2n) is 7.24. The average molecular weight is 363 g/mol. The zero-order valence-corrected chi connectivity index (χ0v) is 16.9. The van der Waals surface area contributed by atoms with Crippen LogP contribution >= 0.6 is 0 Å². The van der Waals surface area contributed by atoms with Crippen molar-refractivity contribution < 1.29 is 0 Å². The lowest BCUT2D eigenvalue weighted by atomic mass is 10.1. The van der Waals surface area contributed by atoms with Crippen LogP contribution in [0.1, 0.15) is 89.7 Å². The highest BCUT2D eigenvalue weighted by Crippen LogP contribution is 2.14. The molecular formula is C20H38N6. The minimum Gasteiger partial charge on any atom is -0.357 e. The number of aliphatic imine (C=N–C) groups is 1. The van der Waals surface area contributed by atoms with Crippen molar-refractivity contribution >= 4 is 5.96 Å². The highest BCUT2D eigenvalue weighted by molar-refractivity contribution is 5.79. The summed E-state index contributed by atoms with van der Waals surface area (Å²) in [6.07, 6.45) is 14.1. The van der Waals surface area contributed by atoms with Gasteiger partial charge in [0.05, 0.1) is 0 Å². The maximum atomic E-state index is 4.72. The Hall–Kier alpha value is -1.59. The van der Waals surface area contributed by atoms with E-state index in [0.717, 1.165) is 43.7 Å². The zero-order chi connectivity index (χ0) is 18.5. The topological polar surface area (TPSA) is 67.1 Å². The third kappa shape index (κ3) is 7.34. The van der Waals surface area contributed by atoms with Gasteiger partial charge in [0.1, 0.15) is 12.4 Å². The van der Waals surface area contributed by atoms with Crippen molar-refractivity contribution in [3.8, 4) is 0 Å². The molecular weight excluding hydrogens is 324 g/mol. The smallest absolute Gasteiger partial charge is 0.191 e. The van der Waals surface area contributed by atoms with E-state index in [2.05, 4.69) is 39.2 Å². The number of aryl methyl sites for hydroxylation is 1. The molecule has 0 aliphatic carbocycles. The molecule has 0 saturated carbocycles. The van der Waals surface area contributed by atoms with E-state index in [1.165, 1.54) is 64.2 Å². The molecule has 148 valence electrons. The molecule has 26 heavy (non-hydrogen) atoms. The summed E-state index contributed by atoms with van der Waals surface area (Å²) in [7, 11) is 0. The molecule has 0 radical (unpaired) electrons. The summed E-state index contributed by atoms with van der Waals surface area (Å²) < 4.78 is 2.27. The van der Waals surface area contributed by atoms with Gasteiger partial charge in [-0.25, -0.2) is 4.99 Å². The molecule has 0 atom stereocenters. The molecule has 0 unspecified atom stereocenters. The molecule has 0 saturated heterocycles. The Bertz CT molecular complexity index is 522. The van der Waals surface area contributed by atoms with Crippen LogP contribution in [0.15, 0.2) is 4.99 Å².